The Kier molecular flexibility index (Phi) is 11.0. The normalized spacial score (nSPS) is 15.3. The summed E-state index contributed by atoms with van der Waals surface area (Å²) in [6, 6.07) is 12.1. The fourth-order valence-electron chi connectivity index (χ4n) is 3.30. The molecule has 0 spiro atoms. The SMILES string of the molecule is CO.O=C1OC(CNCCF)CN1c1ccc(-c2ccc(CNCCCF)cc2)c(F)c1. The quantitative estimate of drug-likeness (QED) is 0.455. The van der Waals surface area contributed by atoms with Gasteiger partial charge in [0.1, 0.15) is 18.6 Å². The zero-order valence-corrected chi connectivity index (χ0v) is 18.1. The van der Waals surface area contributed by atoms with Crippen LogP contribution in [0.15, 0.2) is 42.5 Å². The van der Waals surface area contributed by atoms with Crippen LogP contribution in [0.5, 0.6) is 0 Å². The number of halogens is 3. The number of anilines is 1. The Morgan fingerprint density at radius 3 is 2.47 bits per heavy atom. The zero-order valence-electron chi connectivity index (χ0n) is 18.1. The number of amides is 1. The summed E-state index contributed by atoms with van der Waals surface area (Å²) in [5, 5.41) is 13.0. The van der Waals surface area contributed by atoms with E-state index in [0.717, 1.165) is 18.2 Å². The summed E-state index contributed by atoms with van der Waals surface area (Å²) in [5.41, 5.74) is 2.61. The van der Waals surface area contributed by atoms with E-state index in [9.17, 15) is 18.0 Å². The summed E-state index contributed by atoms with van der Waals surface area (Å²) in [5.74, 6) is -0.437. The van der Waals surface area contributed by atoms with E-state index >= 15 is 0 Å². The lowest BCUT2D eigenvalue weighted by atomic mass is 10.0. The minimum Gasteiger partial charge on any atom is -0.443 e. The zero-order chi connectivity index (χ0) is 23.3. The third-order valence-electron chi connectivity index (χ3n) is 4.86. The second-order valence-electron chi connectivity index (χ2n) is 7.09. The topological polar surface area (TPSA) is 73.8 Å². The molecule has 1 unspecified atom stereocenters. The van der Waals surface area contributed by atoms with Gasteiger partial charge >= 0.3 is 6.09 Å². The molecule has 1 atom stereocenters. The van der Waals surface area contributed by atoms with E-state index in [4.69, 9.17) is 9.84 Å². The van der Waals surface area contributed by atoms with Crippen molar-refractivity contribution in [1.29, 1.82) is 0 Å². The van der Waals surface area contributed by atoms with Gasteiger partial charge in [-0.05, 0) is 42.3 Å². The van der Waals surface area contributed by atoms with Gasteiger partial charge in [0.15, 0.2) is 0 Å². The molecule has 2 aromatic carbocycles. The van der Waals surface area contributed by atoms with Crippen LogP contribution in [0.4, 0.5) is 23.7 Å². The molecule has 32 heavy (non-hydrogen) atoms. The van der Waals surface area contributed by atoms with E-state index in [0.29, 0.717) is 37.3 Å². The molecule has 1 saturated heterocycles. The number of nitrogens with one attached hydrogen (secondary N) is 2. The highest BCUT2D eigenvalue weighted by molar-refractivity contribution is 5.90. The van der Waals surface area contributed by atoms with Gasteiger partial charge in [-0.3, -0.25) is 9.29 Å². The van der Waals surface area contributed by atoms with Gasteiger partial charge in [0.05, 0.1) is 18.9 Å². The Labute approximate surface area is 186 Å². The smallest absolute Gasteiger partial charge is 0.414 e. The van der Waals surface area contributed by atoms with Gasteiger partial charge in [-0.2, -0.15) is 0 Å². The van der Waals surface area contributed by atoms with E-state index in [-0.39, 0.29) is 19.8 Å². The van der Waals surface area contributed by atoms with Gasteiger partial charge in [-0.15, -0.1) is 0 Å². The van der Waals surface area contributed by atoms with Crippen LogP contribution in [0, 0.1) is 5.82 Å². The molecule has 6 nitrogen and oxygen atoms in total. The fraction of sp³-hybridized carbons (Fsp3) is 0.435. The Bertz CT molecular complexity index is 837. The number of hydrogen-bond donors (Lipinski definition) is 3. The van der Waals surface area contributed by atoms with Crippen molar-refractivity contribution in [1.82, 2.24) is 10.6 Å². The van der Waals surface area contributed by atoms with Crippen LogP contribution in [0.3, 0.4) is 0 Å². The van der Waals surface area contributed by atoms with E-state index < -0.39 is 24.7 Å². The Balaban J connectivity index is 0.00000176. The molecule has 2 aromatic rings. The summed E-state index contributed by atoms with van der Waals surface area (Å²) >= 11 is 0. The molecular formula is C23H30F3N3O3. The molecule has 1 aliphatic rings. The standard InChI is InChI=1S/C22H26F3N3O2.CH4O/c23-8-1-10-26-13-16-2-4-17(5-3-16)20-7-6-18(12-21(20)25)28-15-19(30-22(28)29)14-27-11-9-24;1-2/h2-7,12,19,26-27H,1,8-11,13-15H2;2H,1H3. The minimum absolute atomic E-state index is 0.198. The highest BCUT2D eigenvalue weighted by Gasteiger charge is 2.32. The van der Waals surface area contributed by atoms with E-state index in [1.54, 1.807) is 12.1 Å². The summed E-state index contributed by atoms with van der Waals surface area (Å²) in [4.78, 5) is 13.5. The van der Waals surface area contributed by atoms with Gasteiger partial charge in [0, 0.05) is 32.3 Å². The summed E-state index contributed by atoms with van der Waals surface area (Å²) in [7, 11) is 1.00. The largest absolute Gasteiger partial charge is 0.443 e. The number of carbonyl (C=O) groups is 1. The second kappa shape index (κ2) is 13.7. The maximum Gasteiger partial charge on any atom is 0.414 e. The third-order valence-corrected chi connectivity index (χ3v) is 4.86. The van der Waals surface area contributed by atoms with Crippen LogP contribution >= 0.6 is 0 Å². The van der Waals surface area contributed by atoms with Crippen molar-refractivity contribution < 1.29 is 27.8 Å². The van der Waals surface area contributed by atoms with E-state index in [1.165, 1.54) is 11.0 Å². The first-order valence-corrected chi connectivity index (χ1v) is 10.5. The van der Waals surface area contributed by atoms with Crippen molar-refractivity contribution in [2.45, 2.75) is 19.1 Å². The highest BCUT2D eigenvalue weighted by atomic mass is 19.1. The molecule has 0 bridgehead atoms. The van der Waals surface area contributed by atoms with Crippen molar-refractivity contribution >= 4 is 11.8 Å². The molecular weight excluding hydrogens is 423 g/mol. The molecule has 0 aromatic heterocycles. The van der Waals surface area contributed by atoms with Crippen molar-refractivity contribution in [2.75, 3.05) is 51.5 Å². The number of alkyl halides is 2. The van der Waals surface area contributed by atoms with Gasteiger partial charge in [-0.25, -0.2) is 13.6 Å². The number of hydrogen-bond acceptors (Lipinski definition) is 5. The molecule has 0 aliphatic carbocycles. The van der Waals surface area contributed by atoms with Crippen LogP contribution in [0.25, 0.3) is 11.1 Å². The molecule has 3 rings (SSSR count). The molecule has 1 heterocycles. The van der Waals surface area contributed by atoms with Crippen LogP contribution in [0.2, 0.25) is 0 Å². The first-order valence-electron chi connectivity index (χ1n) is 10.5. The predicted molar refractivity (Wildman–Crippen MR) is 119 cm³/mol. The molecule has 0 radical (unpaired) electrons. The molecule has 1 amide bonds. The Hall–Kier alpha value is -2.62. The molecule has 3 N–H and O–H groups in total. The van der Waals surface area contributed by atoms with Gasteiger partial charge in [-0.1, -0.05) is 24.3 Å². The summed E-state index contributed by atoms with van der Waals surface area (Å²) in [6.07, 6.45) is -0.466. The summed E-state index contributed by atoms with van der Waals surface area (Å²) < 4.78 is 44.3. The maximum absolute atomic E-state index is 14.8. The van der Waals surface area contributed by atoms with Crippen molar-refractivity contribution in [3.8, 4) is 11.1 Å². The van der Waals surface area contributed by atoms with Crippen molar-refractivity contribution in [3.63, 3.8) is 0 Å². The van der Waals surface area contributed by atoms with Crippen LogP contribution < -0.4 is 15.5 Å². The number of aliphatic hydroxyl groups excluding tert-OH is 1. The third kappa shape index (κ3) is 7.22. The number of benzene rings is 2. The summed E-state index contributed by atoms with van der Waals surface area (Å²) in [6.45, 7) is 1.23. The van der Waals surface area contributed by atoms with E-state index in [1.807, 2.05) is 24.3 Å². The van der Waals surface area contributed by atoms with Crippen LogP contribution in [-0.2, 0) is 11.3 Å². The number of rotatable bonds is 11. The van der Waals surface area contributed by atoms with Crippen LogP contribution in [0.1, 0.15) is 12.0 Å². The number of aliphatic hydroxyl groups is 1. The molecule has 9 heteroatoms. The lowest BCUT2D eigenvalue weighted by molar-refractivity contribution is 0.140. The first kappa shape index (κ1) is 25.6. The fourth-order valence-corrected chi connectivity index (χ4v) is 3.30. The Morgan fingerprint density at radius 1 is 1.06 bits per heavy atom. The molecule has 0 saturated carbocycles. The van der Waals surface area contributed by atoms with Crippen molar-refractivity contribution in [3.05, 3.63) is 53.8 Å². The van der Waals surface area contributed by atoms with Crippen molar-refractivity contribution in [2.24, 2.45) is 0 Å². The lowest BCUT2D eigenvalue weighted by Crippen LogP contribution is -2.31. The number of carbonyl (C=O) groups excluding carboxylic acids is 1. The first-order chi connectivity index (χ1) is 15.6. The Morgan fingerprint density at radius 2 is 1.81 bits per heavy atom. The van der Waals surface area contributed by atoms with Gasteiger partial charge in [0.2, 0.25) is 0 Å². The second-order valence-corrected chi connectivity index (χ2v) is 7.09. The van der Waals surface area contributed by atoms with Gasteiger partial charge in [0.25, 0.3) is 0 Å². The van der Waals surface area contributed by atoms with Gasteiger partial charge < -0.3 is 20.5 Å². The molecule has 1 aliphatic heterocycles. The maximum atomic E-state index is 14.8. The highest BCUT2D eigenvalue weighted by Crippen LogP contribution is 2.29. The monoisotopic (exact) mass is 453 g/mol. The van der Waals surface area contributed by atoms with Crippen LogP contribution in [-0.4, -0.2) is 63.9 Å². The average molecular weight is 454 g/mol. The molecule has 1 fully saturated rings. The molecule has 176 valence electrons. The lowest BCUT2D eigenvalue weighted by Gasteiger charge is -2.15. The van der Waals surface area contributed by atoms with E-state index in [2.05, 4.69) is 10.6 Å². The minimum atomic E-state index is -0.543. The number of ether oxygens (including phenoxy) is 1. The average Bonchev–Trinajstić information content (AvgIpc) is 3.19. The predicted octanol–water partition coefficient (Wildman–Crippen LogP) is 3.43. The number of cyclic esters (lactones) is 1. The number of nitrogens with zero attached hydrogens (tertiary/aromatic N) is 1.